The van der Waals surface area contributed by atoms with E-state index in [1.807, 2.05) is 6.26 Å². The summed E-state index contributed by atoms with van der Waals surface area (Å²) >= 11 is 6.58. The number of nitrogens with two attached hydrogens (primary N) is 1. The molecule has 3 amide bonds. The molecule has 0 heterocycles. The number of hydrogen-bond donors (Lipinski definition) is 5. The zero-order chi connectivity index (χ0) is 17.9. The van der Waals surface area contributed by atoms with Crippen LogP contribution in [0.4, 0.5) is 9.18 Å². The fraction of sp³-hybridized carbons (Fsp3) is 0.357. The first-order valence-corrected chi connectivity index (χ1v) is 8.85. The van der Waals surface area contributed by atoms with E-state index in [4.69, 9.17) is 18.0 Å². The highest BCUT2D eigenvalue weighted by molar-refractivity contribution is 7.98. The van der Waals surface area contributed by atoms with Gasteiger partial charge in [-0.25, -0.2) is 9.18 Å². The first kappa shape index (κ1) is 20.0. The summed E-state index contributed by atoms with van der Waals surface area (Å²) in [5.74, 6) is -0.0789. The van der Waals surface area contributed by atoms with Gasteiger partial charge in [-0.05, 0) is 48.3 Å². The first-order valence-electron chi connectivity index (χ1n) is 7.05. The number of carbonyl (C=O) groups excluding carboxylic acids is 2. The molecule has 0 spiro atoms. The van der Waals surface area contributed by atoms with Crippen LogP contribution in [0.15, 0.2) is 24.3 Å². The first-order chi connectivity index (χ1) is 11.4. The largest absolute Gasteiger partial charge is 0.357 e. The predicted molar refractivity (Wildman–Crippen MR) is 96.6 cm³/mol. The van der Waals surface area contributed by atoms with Crippen molar-refractivity contribution in [3.63, 3.8) is 0 Å². The molecule has 0 aliphatic carbocycles. The maximum atomic E-state index is 12.8. The summed E-state index contributed by atoms with van der Waals surface area (Å²) < 4.78 is 12.8. The second-order valence-corrected chi connectivity index (χ2v) is 6.16. The van der Waals surface area contributed by atoms with Crippen molar-refractivity contribution in [3.8, 4) is 0 Å². The standard InChI is InChI=1S/C14H20FN5O2S2/c1-24-7-6-11(18-13(16)22)12(21)19-20-14(23)17-8-9-2-4-10(15)5-3-9/h2-5,11H,6-8H2,1H3,(H,19,21)(H3,16,18,22)(H2,17,20,23)/t11-/m0/s1. The highest BCUT2D eigenvalue weighted by Crippen LogP contribution is 2.02. The van der Waals surface area contributed by atoms with E-state index < -0.39 is 18.0 Å². The highest BCUT2D eigenvalue weighted by Gasteiger charge is 2.19. The number of urea groups is 1. The van der Waals surface area contributed by atoms with Crippen molar-refractivity contribution in [1.82, 2.24) is 21.5 Å². The normalized spacial score (nSPS) is 11.2. The predicted octanol–water partition coefficient (Wildman–Crippen LogP) is 0.611. The van der Waals surface area contributed by atoms with E-state index in [2.05, 4.69) is 21.5 Å². The zero-order valence-corrected chi connectivity index (χ0v) is 14.7. The lowest BCUT2D eigenvalue weighted by Crippen LogP contribution is -2.55. The van der Waals surface area contributed by atoms with Crippen LogP contribution >= 0.6 is 24.0 Å². The van der Waals surface area contributed by atoms with Crippen LogP contribution in [0.5, 0.6) is 0 Å². The Kier molecular flexibility index (Phi) is 8.87. The number of carbonyl (C=O) groups is 2. The summed E-state index contributed by atoms with van der Waals surface area (Å²) in [5, 5.41) is 5.43. The molecule has 0 saturated heterocycles. The number of thioether (sulfide) groups is 1. The van der Waals surface area contributed by atoms with Crippen LogP contribution in [0.25, 0.3) is 0 Å². The van der Waals surface area contributed by atoms with Crippen LogP contribution < -0.4 is 27.2 Å². The van der Waals surface area contributed by atoms with Crippen LogP contribution in [0.1, 0.15) is 12.0 Å². The minimum atomic E-state index is -0.770. The lowest BCUT2D eigenvalue weighted by atomic mass is 10.2. The van der Waals surface area contributed by atoms with Crippen molar-refractivity contribution >= 4 is 41.0 Å². The van der Waals surface area contributed by atoms with Gasteiger partial charge in [0.25, 0.3) is 5.91 Å². The van der Waals surface area contributed by atoms with Crippen molar-refractivity contribution in [1.29, 1.82) is 0 Å². The molecule has 0 aliphatic heterocycles. The molecule has 0 radical (unpaired) electrons. The van der Waals surface area contributed by atoms with E-state index in [-0.39, 0.29) is 10.9 Å². The van der Waals surface area contributed by atoms with Crippen LogP contribution in [-0.4, -0.2) is 35.1 Å². The van der Waals surface area contributed by atoms with Gasteiger partial charge in [0.15, 0.2) is 5.11 Å². The lowest BCUT2D eigenvalue weighted by molar-refractivity contribution is -0.123. The summed E-state index contributed by atoms with van der Waals surface area (Å²) in [6.45, 7) is 0.372. The van der Waals surface area contributed by atoms with Gasteiger partial charge < -0.3 is 16.4 Å². The quantitative estimate of drug-likeness (QED) is 0.354. The molecular formula is C14H20FN5O2S2. The SMILES string of the molecule is CSCC[C@H](NC(N)=O)C(=O)NNC(=S)NCc1ccc(F)cc1. The minimum absolute atomic E-state index is 0.190. The van der Waals surface area contributed by atoms with Gasteiger partial charge in [0.05, 0.1) is 0 Å². The molecule has 0 unspecified atom stereocenters. The number of hydrazine groups is 1. The second kappa shape index (κ2) is 10.7. The molecule has 0 saturated carbocycles. The van der Waals surface area contributed by atoms with Gasteiger partial charge in [0.2, 0.25) is 0 Å². The Hall–Kier alpha value is -2.07. The second-order valence-electron chi connectivity index (χ2n) is 4.77. The zero-order valence-electron chi connectivity index (χ0n) is 13.1. The summed E-state index contributed by atoms with van der Waals surface area (Å²) in [6.07, 6.45) is 2.33. The van der Waals surface area contributed by atoms with Crippen molar-refractivity contribution in [2.45, 2.75) is 19.0 Å². The fourth-order valence-corrected chi connectivity index (χ4v) is 2.31. The summed E-state index contributed by atoms with van der Waals surface area (Å²) in [4.78, 5) is 23.0. The molecule has 6 N–H and O–H groups in total. The van der Waals surface area contributed by atoms with Gasteiger partial charge in [-0.1, -0.05) is 12.1 Å². The Morgan fingerprint density at radius 1 is 1.29 bits per heavy atom. The number of primary amides is 1. The average Bonchev–Trinajstić information content (AvgIpc) is 2.55. The number of hydrogen-bond acceptors (Lipinski definition) is 4. The van der Waals surface area contributed by atoms with E-state index in [0.717, 1.165) is 5.56 Å². The third kappa shape index (κ3) is 7.97. The molecule has 0 aromatic heterocycles. The molecule has 132 valence electrons. The Labute approximate surface area is 149 Å². The van der Waals surface area contributed by atoms with E-state index >= 15 is 0 Å². The molecule has 1 atom stereocenters. The Balaban J connectivity index is 2.38. The molecule has 1 aromatic rings. The van der Waals surface area contributed by atoms with E-state index in [9.17, 15) is 14.0 Å². The highest BCUT2D eigenvalue weighted by atomic mass is 32.2. The maximum absolute atomic E-state index is 12.8. The Bertz CT molecular complexity index is 571. The van der Waals surface area contributed by atoms with Crippen LogP contribution in [-0.2, 0) is 11.3 Å². The number of nitrogens with one attached hydrogen (secondary N) is 4. The van der Waals surface area contributed by atoms with Crippen LogP contribution in [0.3, 0.4) is 0 Å². The number of halogens is 1. The number of thiocarbonyl (C=S) groups is 1. The van der Waals surface area contributed by atoms with Gasteiger partial charge in [0.1, 0.15) is 11.9 Å². The molecule has 0 bridgehead atoms. The smallest absolute Gasteiger partial charge is 0.312 e. The van der Waals surface area contributed by atoms with Gasteiger partial charge in [-0.15, -0.1) is 0 Å². The summed E-state index contributed by atoms with van der Waals surface area (Å²) in [5.41, 5.74) is 10.8. The topological polar surface area (TPSA) is 108 Å². The van der Waals surface area contributed by atoms with Crippen LogP contribution in [0.2, 0.25) is 0 Å². The average molecular weight is 373 g/mol. The Morgan fingerprint density at radius 2 is 1.96 bits per heavy atom. The number of rotatable bonds is 7. The number of amides is 3. The molecule has 0 fully saturated rings. The van der Waals surface area contributed by atoms with Gasteiger partial charge in [-0.3, -0.25) is 15.6 Å². The summed E-state index contributed by atoms with van der Waals surface area (Å²) in [7, 11) is 0. The molecule has 24 heavy (non-hydrogen) atoms. The molecule has 1 aromatic carbocycles. The Morgan fingerprint density at radius 3 is 2.54 bits per heavy atom. The summed E-state index contributed by atoms with van der Waals surface area (Å²) in [6, 6.07) is 4.43. The van der Waals surface area contributed by atoms with E-state index in [0.29, 0.717) is 18.7 Å². The van der Waals surface area contributed by atoms with Crippen LogP contribution in [0, 0.1) is 5.82 Å². The third-order valence-electron chi connectivity index (χ3n) is 2.91. The van der Waals surface area contributed by atoms with Crippen molar-refractivity contribution < 1.29 is 14.0 Å². The van der Waals surface area contributed by atoms with Crippen molar-refractivity contribution in [2.24, 2.45) is 5.73 Å². The van der Waals surface area contributed by atoms with Gasteiger partial charge in [0, 0.05) is 6.54 Å². The van der Waals surface area contributed by atoms with E-state index in [1.165, 1.54) is 12.1 Å². The van der Waals surface area contributed by atoms with Crippen molar-refractivity contribution in [2.75, 3.05) is 12.0 Å². The number of benzene rings is 1. The van der Waals surface area contributed by atoms with E-state index in [1.54, 1.807) is 23.9 Å². The van der Waals surface area contributed by atoms with Gasteiger partial charge >= 0.3 is 6.03 Å². The molecular weight excluding hydrogens is 353 g/mol. The monoisotopic (exact) mass is 373 g/mol. The minimum Gasteiger partial charge on any atom is -0.357 e. The fourth-order valence-electron chi connectivity index (χ4n) is 1.71. The molecule has 1 rings (SSSR count). The molecule has 10 heteroatoms. The van der Waals surface area contributed by atoms with Crippen molar-refractivity contribution in [3.05, 3.63) is 35.6 Å². The van der Waals surface area contributed by atoms with Gasteiger partial charge in [-0.2, -0.15) is 11.8 Å². The molecule has 0 aliphatic rings. The maximum Gasteiger partial charge on any atom is 0.312 e. The molecule has 7 nitrogen and oxygen atoms in total. The lowest BCUT2D eigenvalue weighted by Gasteiger charge is -2.18. The third-order valence-corrected chi connectivity index (χ3v) is 3.80.